The Hall–Kier alpha value is -1.23. The maximum Gasteiger partial charge on any atom is 0.209 e. The largest absolute Gasteiger partial charge is 0.347 e. The molecule has 1 heterocycles. The first-order valence-electron chi connectivity index (χ1n) is 4.57. The van der Waals surface area contributed by atoms with E-state index in [2.05, 4.69) is 30.8 Å². The third-order valence-corrected chi connectivity index (χ3v) is 1.60. The zero-order valence-electron chi connectivity index (χ0n) is 8.59. The van der Waals surface area contributed by atoms with Gasteiger partial charge in [-0.15, -0.1) is 0 Å². The van der Waals surface area contributed by atoms with Crippen LogP contribution in [-0.4, -0.2) is 5.16 Å². The standard InChI is InChI=1S/C11H15NO/c1-8(2)5-6-10-7-11(9(3)4)12-13-10/h7-9H,1-4H3. The van der Waals surface area contributed by atoms with Gasteiger partial charge < -0.3 is 4.52 Å². The molecule has 0 N–H and O–H groups in total. The van der Waals surface area contributed by atoms with E-state index in [-0.39, 0.29) is 0 Å². The maximum atomic E-state index is 5.05. The molecular weight excluding hydrogens is 162 g/mol. The van der Waals surface area contributed by atoms with Crippen LogP contribution < -0.4 is 0 Å². The highest BCUT2D eigenvalue weighted by atomic mass is 16.5. The first-order chi connectivity index (χ1) is 6.09. The molecule has 0 bridgehead atoms. The molecule has 0 aromatic carbocycles. The molecule has 0 radical (unpaired) electrons. The predicted molar refractivity (Wildman–Crippen MR) is 52.3 cm³/mol. The van der Waals surface area contributed by atoms with Gasteiger partial charge in [-0.2, -0.15) is 0 Å². The van der Waals surface area contributed by atoms with Crippen molar-refractivity contribution in [3.8, 4) is 11.8 Å². The monoisotopic (exact) mass is 177 g/mol. The van der Waals surface area contributed by atoms with E-state index in [1.165, 1.54) is 0 Å². The quantitative estimate of drug-likeness (QED) is 0.616. The molecule has 0 amide bonds. The van der Waals surface area contributed by atoms with E-state index < -0.39 is 0 Å². The van der Waals surface area contributed by atoms with Gasteiger partial charge in [0.05, 0.1) is 5.69 Å². The Morgan fingerprint density at radius 3 is 2.46 bits per heavy atom. The van der Waals surface area contributed by atoms with Crippen molar-refractivity contribution in [3.05, 3.63) is 17.5 Å². The van der Waals surface area contributed by atoms with Crippen molar-refractivity contribution in [2.75, 3.05) is 0 Å². The average molecular weight is 177 g/mol. The summed E-state index contributed by atoms with van der Waals surface area (Å²) in [5.74, 6) is 7.40. The van der Waals surface area contributed by atoms with E-state index in [9.17, 15) is 0 Å². The fourth-order valence-corrected chi connectivity index (χ4v) is 0.835. The zero-order valence-corrected chi connectivity index (χ0v) is 8.59. The molecule has 70 valence electrons. The lowest BCUT2D eigenvalue weighted by molar-refractivity contribution is 0.400. The molecule has 0 aliphatic rings. The molecule has 13 heavy (non-hydrogen) atoms. The highest BCUT2D eigenvalue weighted by Gasteiger charge is 2.04. The van der Waals surface area contributed by atoms with Gasteiger partial charge in [0.2, 0.25) is 5.76 Å². The van der Waals surface area contributed by atoms with Crippen LogP contribution in [-0.2, 0) is 0 Å². The van der Waals surface area contributed by atoms with E-state index in [1.807, 2.05) is 19.9 Å². The number of hydrogen-bond acceptors (Lipinski definition) is 2. The van der Waals surface area contributed by atoms with Crippen molar-refractivity contribution in [3.63, 3.8) is 0 Å². The second-order valence-corrected chi connectivity index (χ2v) is 3.69. The summed E-state index contributed by atoms with van der Waals surface area (Å²) in [6, 6.07) is 1.90. The number of nitrogens with zero attached hydrogens (tertiary/aromatic N) is 1. The minimum Gasteiger partial charge on any atom is -0.347 e. The van der Waals surface area contributed by atoms with Gasteiger partial charge in [0.1, 0.15) is 0 Å². The summed E-state index contributed by atoms with van der Waals surface area (Å²) in [4.78, 5) is 0. The van der Waals surface area contributed by atoms with Gasteiger partial charge >= 0.3 is 0 Å². The summed E-state index contributed by atoms with van der Waals surface area (Å²) in [7, 11) is 0. The van der Waals surface area contributed by atoms with Crippen LogP contribution >= 0.6 is 0 Å². The van der Waals surface area contributed by atoms with Crippen LogP contribution in [0.25, 0.3) is 0 Å². The normalized spacial score (nSPS) is 10.3. The minimum absolute atomic E-state index is 0.368. The SMILES string of the molecule is CC(C)C#Cc1cc(C(C)C)no1. The van der Waals surface area contributed by atoms with Crippen LogP contribution in [0.4, 0.5) is 0 Å². The van der Waals surface area contributed by atoms with Crippen molar-refractivity contribution in [1.29, 1.82) is 0 Å². The van der Waals surface area contributed by atoms with Crippen molar-refractivity contribution in [1.82, 2.24) is 5.16 Å². The highest BCUT2D eigenvalue weighted by Crippen LogP contribution is 2.13. The van der Waals surface area contributed by atoms with Crippen LogP contribution in [0, 0.1) is 17.8 Å². The lowest BCUT2D eigenvalue weighted by Crippen LogP contribution is -1.84. The Morgan fingerprint density at radius 2 is 2.00 bits per heavy atom. The van der Waals surface area contributed by atoms with Crippen LogP contribution in [0.3, 0.4) is 0 Å². The molecule has 2 heteroatoms. The van der Waals surface area contributed by atoms with E-state index in [0.717, 1.165) is 5.69 Å². The summed E-state index contributed by atoms with van der Waals surface area (Å²) in [5, 5.41) is 3.92. The van der Waals surface area contributed by atoms with Crippen LogP contribution in [0.1, 0.15) is 45.1 Å². The average Bonchev–Trinajstić information content (AvgIpc) is 2.48. The van der Waals surface area contributed by atoms with Crippen LogP contribution in [0.2, 0.25) is 0 Å². The summed E-state index contributed by atoms with van der Waals surface area (Å²) < 4.78 is 5.05. The summed E-state index contributed by atoms with van der Waals surface area (Å²) in [5.41, 5.74) is 0.966. The summed E-state index contributed by atoms with van der Waals surface area (Å²) in [6.45, 7) is 8.26. The lowest BCUT2D eigenvalue weighted by atomic mass is 10.1. The molecule has 0 fully saturated rings. The van der Waals surface area contributed by atoms with Gasteiger partial charge in [0.15, 0.2) is 0 Å². The fourth-order valence-electron chi connectivity index (χ4n) is 0.835. The number of rotatable bonds is 1. The molecule has 1 aromatic rings. The Bertz CT molecular complexity index is 325. The van der Waals surface area contributed by atoms with Gasteiger partial charge in [0.25, 0.3) is 0 Å². The Labute approximate surface area is 79.3 Å². The maximum absolute atomic E-state index is 5.05. The second kappa shape index (κ2) is 4.13. The van der Waals surface area contributed by atoms with Gasteiger partial charge in [-0.05, 0) is 11.8 Å². The Morgan fingerprint density at radius 1 is 1.31 bits per heavy atom. The third kappa shape index (κ3) is 2.95. The van der Waals surface area contributed by atoms with Crippen LogP contribution in [0.5, 0.6) is 0 Å². The van der Waals surface area contributed by atoms with E-state index in [4.69, 9.17) is 4.52 Å². The second-order valence-electron chi connectivity index (χ2n) is 3.69. The smallest absolute Gasteiger partial charge is 0.209 e. The zero-order chi connectivity index (χ0) is 9.84. The van der Waals surface area contributed by atoms with Crippen molar-refractivity contribution in [2.45, 2.75) is 33.6 Å². The summed E-state index contributed by atoms with van der Waals surface area (Å²) >= 11 is 0. The lowest BCUT2D eigenvalue weighted by Gasteiger charge is -1.92. The molecule has 1 rings (SSSR count). The predicted octanol–water partition coefficient (Wildman–Crippen LogP) is 2.81. The van der Waals surface area contributed by atoms with E-state index in [0.29, 0.717) is 17.6 Å². The fraction of sp³-hybridized carbons (Fsp3) is 0.545. The third-order valence-electron chi connectivity index (χ3n) is 1.60. The molecule has 0 aliphatic heterocycles. The van der Waals surface area contributed by atoms with Crippen molar-refractivity contribution >= 4 is 0 Å². The van der Waals surface area contributed by atoms with Crippen molar-refractivity contribution < 1.29 is 4.52 Å². The van der Waals surface area contributed by atoms with Gasteiger partial charge in [-0.1, -0.05) is 38.8 Å². The Balaban J connectivity index is 2.77. The topological polar surface area (TPSA) is 26.0 Å². The van der Waals surface area contributed by atoms with Gasteiger partial charge in [-0.25, -0.2) is 0 Å². The molecule has 2 nitrogen and oxygen atoms in total. The molecule has 0 saturated heterocycles. The molecule has 0 spiro atoms. The van der Waals surface area contributed by atoms with Gasteiger partial charge in [0, 0.05) is 12.0 Å². The summed E-state index contributed by atoms with van der Waals surface area (Å²) in [6.07, 6.45) is 0. The Kier molecular flexibility index (Phi) is 3.13. The molecule has 0 saturated carbocycles. The minimum atomic E-state index is 0.368. The number of aromatic nitrogens is 1. The van der Waals surface area contributed by atoms with Crippen LogP contribution in [0.15, 0.2) is 10.6 Å². The highest BCUT2D eigenvalue weighted by molar-refractivity contribution is 5.27. The molecule has 0 unspecified atom stereocenters. The van der Waals surface area contributed by atoms with Crippen molar-refractivity contribution in [2.24, 2.45) is 5.92 Å². The molecule has 1 aromatic heterocycles. The molecule has 0 atom stereocenters. The number of hydrogen-bond donors (Lipinski definition) is 0. The first kappa shape index (κ1) is 9.85. The van der Waals surface area contributed by atoms with E-state index >= 15 is 0 Å². The first-order valence-corrected chi connectivity index (χ1v) is 4.57. The van der Waals surface area contributed by atoms with Gasteiger partial charge in [-0.3, -0.25) is 0 Å². The molecular formula is C11H15NO. The molecule has 0 aliphatic carbocycles. The van der Waals surface area contributed by atoms with E-state index in [1.54, 1.807) is 0 Å².